The average Bonchev–Trinajstić information content (AvgIpc) is 3.34. The summed E-state index contributed by atoms with van der Waals surface area (Å²) in [7, 11) is 0. The topological polar surface area (TPSA) is 49.9 Å². The molecule has 0 aliphatic carbocycles. The van der Waals surface area contributed by atoms with Crippen molar-refractivity contribution >= 4 is 23.2 Å². The SMILES string of the molecule is CC[C@@H](C)N(CC(=O)N1CCc2sccc2[C@@H]1COc1cccc(F)c1)C(=O)c1ccc(C)cc1. The number of hydrogen-bond acceptors (Lipinski definition) is 4. The number of thiophene rings is 1. The third-order valence-corrected chi connectivity index (χ3v) is 7.60. The minimum atomic E-state index is -0.367. The van der Waals surface area contributed by atoms with E-state index in [-0.39, 0.29) is 42.9 Å². The Hall–Kier alpha value is -3.19. The Kier molecular flexibility index (Phi) is 7.86. The van der Waals surface area contributed by atoms with Gasteiger partial charge in [-0.2, -0.15) is 0 Å². The van der Waals surface area contributed by atoms with Crippen LogP contribution in [-0.2, 0) is 11.2 Å². The van der Waals surface area contributed by atoms with Crippen molar-refractivity contribution in [1.29, 1.82) is 0 Å². The predicted molar refractivity (Wildman–Crippen MR) is 136 cm³/mol. The molecule has 0 radical (unpaired) electrons. The van der Waals surface area contributed by atoms with E-state index in [9.17, 15) is 14.0 Å². The molecule has 35 heavy (non-hydrogen) atoms. The van der Waals surface area contributed by atoms with Crippen LogP contribution in [0.15, 0.2) is 60.0 Å². The minimum Gasteiger partial charge on any atom is -0.491 e. The van der Waals surface area contributed by atoms with Gasteiger partial charge in [-0.05, 0) is 68.0 Å². The van der Waals surface area contributed by atoms with E-state index in [0.29, 0.717) is 17.9 Å². The largest absolute Gasteiger partial charge is 0.491 e. The van der Waals surface area contributed by atoms with Crippen LogP contribution in [0.4, 0.5) is 4.39 Å². The van der Waals surface area contributed by atoms with Crippen molar-refractivity contribution in [3.05, 3.63) is 87.4 Å². The highest BCUT2D eigenvalue weighted by Crippen LogP contribution is 2.34. The van der Waals surface area contributed by atoms with E-state index in [4.69, 9.17) is 4.74 Å². The Morgan fingerprint density at radius 1 is 1.20 bits per heavy atom. The molecule has 184 valence electrons. The lowest BCUT2D eigenvalue weighted by Crippen LogP contribution is -2.49. The normalized spacial score (nSPS) is 15.9. The number of rotatable bonds is 8. The van der Waals surface area contributed by atoms with Gasteiger partial charge >= 0.3 is 0 Å². The second-order valence-electron chi connectivity index (χ2n) is 8.98. The molecule has 4 rings (SSSR count). The summed E-state index contributed by atoms with van der Waals surface area (Å²) in [6.45, 7) is 6.73. The lowest BCUT2D eigenvalue weighted by molar-refractivity contribution is -0.136. The number of carbonyl (C=O) groups excluding carboxylic acids is 2. The molecule has 0 bridgehead atoms. The van der Waals surface area contributed by atoms with Gasteiger partial charge in [-0.3, -0.25) is 9.59 Å². The molecule has 5 nitrogen and oxygen atoms in total. The lowest BCUT2D eigenvalue weighted by atomic mass is 10.00. The van der Waals surface area contributed by atoms with Gasteiger partial charge in [-0.15, -0.1) is 11.3 Å². The standard InChI is InChI=1S/C28H31FN2O3S/c1-4-20(3)31(28(33)21-10-8-19(2)9-11-21)17-27(32)30-14-12-26-24(13-15-35-26)25(30)18-34-23-7-5-6-22(29)16-23/h5-11,13,15-16,20,25H,4,12,14,17-18H2,1-3H3/t20-,25+/m1/s1. The molecular formula is C28H31FN2O3S. The summed E-state index contributed by atoms with van der Waals surface area (Å²) in [5.74, 6) is -0.200. The van der Waals surface area contributed by atoms with Crippen LogP contribution in [0.5, 0.6) is 5.75 Å². The van der Waals surface area contributed by atoms with Crippen LogP contribution >= 0.6 is 11.3 Å². The Morgan fingerprint density at radius 2 is 1.97 bits per heavy atom. The molecule has 1 aliphatic rings. The first-order valence-electron chi connectivity index (χ1n) is 12.0. The van der Waals surface area contributed by atoms with Gasteiger partial charge in [-0.1, -0.05) is 30.7 Å². The van der Waals surface area contributed by atoms with Gasteiger partial charge in [0.1, 0.15) is 24.7 Å². The molecule has 0 saturated carbocycles. The molecule has 2 aromatic carbocycles. The molecule has 3 aromatic rings. The molecule has 0 saturated heterocycles. The average molecular weight is 495 g/mol. The molecule has 2 amide bonds. The fraction of sp³-hybridized carbons (Fsp3) is 0.357. The fourth-order valence-corrected chi connectivity index (χ4v) is 5.28. The maximum Gasteiger partial charge on any atom is 0.254 e. The van der Waals surface area contributed by atoms with Crippen LogP contribution in [-0.4, -0.2) is 47.4 Å². The first kappa shape index (κ1) is 24.9. The number of nitrogens with zero attached hydrogens (tertiary/aromatic N) is 2. The van der Waals surface area contributed by atoms with Gasteiger partial charge < -0.3 is 14.5 Å². The molecule has 0 spiro atoms. The summed E-state index contributed by atoms with van der Waals surface area (Å²) < 4.78 is 19.6. The number of amides is 2. The Labute approximate surface area is 210 Å². The molecule has 0 unspecified atom stereocenters. The second-order valence-corrected chi connectivity index (χ2v) is 9.98. The van der Waals surface area contributed by atoms with Crippen molar-refractivity contribution < 1.29 is 18.7 Å². The Balaban J connectivity index is 1.54. The van der Waals surface area contributed by atoms with Crippen LogP contribution in [0.3, 0.4) is 0 Å². The van der Waals surface area contributed by atoms with E-state index >= 15 is 0 Å². The number of benzene rings is 2. The zero-order valence-electron chi connectivity index (χ0n) is 20.4. The lowest BCUT2D eigenvalue weighted by Gasteiger charge is -2.38. The molecule has 2 heterocycles. The number of fused-ring (bicyclic) bond motifs is 1. The van der Waals surface area contributed by atoms with E-state index in [2.05, 4.69) is 0 Å². The molecular weight excluding hydrogens is 463 g/mol. The first-order valence-corrected chi connectivity index (χ1v) is 12.9. The predicted octanol–water partition coefficient (Wildman–Crippen LogP) is 5.64. The van der Waals surface area contributed by atoms with Crippen molar-refractivity contribution in [2.75, 3.05) is 19.7 Å². The smallest absolute Gasteiger partial charge is 0.254 e. The zero-order chi connectivity index (χ0) is 24.9. The maximum absolute atomic E-state index is 13.6. The second kappa shape index (κ2) is 11.0. The van der Waals surface area contributed by atoms with Crippen LogP contribution in [0.25, 0.3) is 0 Å². The van der Waals surface area contributed by atoms with Crippen molar-refractivity contribution in [3.8, 4) is 5.75 Å². The van der Waals surface area contributed by atoms with E-state index in [1.807, 2.05) is 61.4 Å². The number of ether oxygens (including phenoxy) is 1. The maximum atomic E-state index is 13.6. The summed E-state index contributed by atoms with van der Waals surface area (Å²) in [5.41, 5.74) is 2.72. The molecule has 0 fully saturated rings. The van der Waals surface area contributed by atoms with E-state index in [1.54, 1.807) is 28.4 Å². The highest BCUT2D eigenvalue weighted by atomic mass is 32.1. The van der Waals surface area contributed by atoms with Crippen LogP contribution in [0.1, 0.15) is 52.7 Å². The molecule has 1 aromatic heterocycles. The number of halogens is 1. The summed E-state index contributed by atoms with van der Waals surface area (Å²) in [6.07, 6.45) is 1.51. The van der Waals surface area contributed by atoms with Gasteiger partial charge in [0.2, 0.25) is 5.91 Å². The molecule has 2 atom stereocenters. The number of hydrogen-bond donors (Lipinski definition) is 0. The monoisotopic (exact) mass is 494 g/mol. The van der Waals surface area contributed by atoms with E-state index in [0.717, 1.165) is 24.0 Å². The summed E-state index contributed by atoms with van der Waals surface area (Å²) >= 11 is 1.67. The van der Waals surface area contributed by atoms with Gasteiger partial charge in [0.15, 0.2) is 0 Å². The number of carbonyl (C=O) groups is 2. The van der Waals surface area contributed by atoms with Crippen molar-refractivity contribution in [1.82, 2.24) is 9.80 Å². The van der Waals surface area contributed by atoms with E-state index in [1.165, 1.54) is 17.0 Å². The first-order chi connectivity index (χ1) is 16.9. The summed E-state index contributed by atoms with van der Waals surface area (Å²) in [4.78, 5) is 31.7. The van der Waals surface area contributed by atoms with Crippen molar-refractivity contribution in [3.63, 3.8) is 0 Å². The quantitative estimate of drug-likeness (QED) is 0.407. The molecule has 7 heteroatoms. The minimum absolute atomic E-state index is 0.00233. The van der Waals surface area contributed by atoms with Gasteiger partial charge in [0, 0.05) is 29.1 Å². The zero-order valence-corrected chi connectivity index (χ0v) is 21.2. The Bertz CT molecular complexity index is 1180. The van der Waals surface area contributed by atoms with Crippen LogP contribution in [0.2, 0.25) is 0 Å². The third-order valence-electron chi connectivity index (χ3n) is 6.61. The highest BCUT2D eigenvalue weighted by Gasteiger charge is 2.34. The summed E-state index contributed by atoms with van der Waals surface area (Å²) in [6, 6.07) is 15.1. The third kappa shape index (κ3) is 5.73. The fourth-order valence-electron chi connectivity index (χ4n) is 4.35. The molecule has 1 aliphatic heterocycles. The molecule has 0 N–H and O–H groups in total. The van der Waals surface area contributed by atoms with Crippen LogP contribution < -0.4 is 4.74 Å². The van der Waals surface area contributed by atoms with E-state index < -0.39 is 0 Å². The van der Waals surface area contributed by atoms with Gasteiger partial charge in [0.25, 0.3) is 5.91 Å². The van der Waals surface area contributed by atoms with Crippen molar-refractivity contribution in [2.24, 2.45) is 0 Å². The highest BCUT2D eigenvalue weighted by molar-refractivity contribution is 7.10. The van der Waals surface area contributed by atoms with Crippen LogP contribution in [0, 0.1) is 12.7 Å². The van der Waals surface area contributed by atoms with Gasteiger partial charge in [-0.25, -0.2) is 4.39 Å². The number of aryl methyl sites for hydroxylation is 1. The van der Waals surface area contributed by atoms with Gasteiger partial charge in [0.05, 0.1) is 6.04 Å². The summed E-state index contributed by atoms with van der Waals surface area (Å²) in [5, 5.41) is 2.03. The Morgan fingerprint density at radius 3 is 2.69 bits per heavy atom. The van der Waals surface area contributed by atoms with Crippen molar-refractivity contribution in [2.45, 2.75) is 45.7 Å².